The van der Waals surface area contributed by atoms with Crippen molar-refractivity contribution in [2.75, 3.05) is 27.4 Å². The lowest BCUT2D eigenvalue weighted by Gasteiger charge is -2.29. The fourth-order valence-corrected chi connectivity index (χ4v) is 18.0. The number of methoxy groups -OCH3 is 2. The molecule has 0 heterocycles. The first kappa shape index (κ1) is 85.9. The molecule has 0 spiro atoms. The monoisotopic (exact) mass is 1620 g/mol. The molecule has 0 unspecified atom stereocenters. The van der Waals surface area contributed by atoms with Crippen LogP contribution in [-0.2, 0) is 0 Å². The van der Waals surface area contributed by atoms with Gasteiger partial charge in [0.25, 0.3) is 0 Å². The summed E-state index contributed by atoms with van der Waals surface area (Å²) in [5.41, 5.74) is 30.5. The van der Waals surface area contributed by atoms with Crippen molar-refractivity contribution in [3.8, 4) is 157 Å². The first-order valence-corrected chi connectivity index (χ1v) is 45.7. The highest BCUT2D eigenvalue weighted by Gasteiger charge is 2.33. The Morgan fingerprint density at radius 2 is 0.379 bits per heavy atom. The standard InChI is InChI=1S/C120H118O4/c1-5-7-9-11-13-15-17-19-21-53-83-123-107-87-102(80-76-90-78-82-106(122-4)104(86-90)120-117(99-71-49-31-50-72-99)113(95-63-41-27-42-64-95)110(92-57-35-24-36-58-92)114(96-65-43-28-44-66-96)118(120)100-73-51-32-52-74-100)108(124-84-54-22-20-18-16-14-12-10-8-6-2)88-101(107)79-75-89-77-81-105(121-3)103(85-89)119-115(97-67-45-29-46-68-97)111(93-59-37-25-38-60-93)109(91-55-33-23-34-56-91)112(94-61-39-26-40-62-94)116(119)98-69-47-30-48-70-98/h23-52,55-82,85-88H,5-22,53-54,83-84H2,1-4H3/b79-75+,80-76+. The van der Waals surface area contributed by atoms with Crippen LogP contribution in [0.15, 0.2) is 352 Å². The van der Waals surface area contributed by atoms with Crippen LogP contribution in [0, 0.1) is 0 Å². The van der Waals surface area contributed by atoms with Gasteiger partial charge in [-0.3, -0.25) is 0 Å². The lowest BCUT2D eigenvalue weighted by Crippen LogP contribution is -2.03. The van der Waals surface area contributed by atoms with Crippen LogP contribution >= 0.6 is 0 Å². The lowest BCUT2D eigenvalue weighted by molar-refractivity contribution is 0.295. The average molecular weight is 1620 g/mol. The number of rotatable bonds is 42. The second kappa shape index (κ2) is 44.7. The molecule has 0 bridgehead atoms. The highest BCUT2D eigenvalue weighted by Crippen LogP contribution is 2.60. The number of unbranched alkanes of at least 4 members (excludes halogenated alkanes) is 18. The molecule has 0 aliphatic rings. The summed E-state index contributed by atoms with van der Waals surface area (Å²) in [6.07, 6.45) is 33.7. The van der Waals surface area contributed by atoms with Crippen molar-refractivity contribution in [2.45, 2.75) is 142 Å². The van der Waals surface area contributed by atoms with Crippen LogP contribution in [0.2, 0.25) is 0 Å². The van der Waals surface area contributed by atoms with Gasteiger partial charge in [0.1, 0.15) is 23.0 Å². The zero-order valence-electron chi connectivity index (χ0n) is 73.0. The van der Waals surface area contributed by atoms with Crippen molar-refractivity contribution in [1.29, 1.82) is 0 Å². The quantitative estimate of drug-likeness (QED) is 0.0282. The summed E-state index contributed by atoms with van der Waals surface area (Å²) in [5, 5.41) is 0. The summed E-state index contributed by atoms with van der Waals surface area (Å²) in [4.78, 5) is 0. The van der Waals surface area contributed by atoms with Gasteiger partial charge >= 0.3 is 0 Å². The third-order valence-corrected chi connectivity index (χ3v) is 24.2. The van der Waals surface area contributed by atoms with Gasteiger partial charge in [-0.2, -0.15) is 0 Å². The molecule has 0 amide bonds. The van der Waals surface area contributed by atoms with Crippen LogP contribution in [-0.4, -0.2) is 27.4 Å². The molecule has 0 N–H and O–H groups in total. The maximum atomic E-state index is 7.25. The third-order valence-electron chi connectivity index (χ3n) is 24.2. The van der Waals surface area contributed by atoms with E-state index in [4.69, 9.17) is 18.9 Å². The van der Waals surface area contributed by atoms with Crippen molar-refractivity contribution in [1.82, 2.24) is 0 Å². The van der Waals surface area contributed by atoms with E-state index in [2.05, 4.69) is 390 Å². The SMILES string of the molecule is CCCCCCCCCCCCOc1cc(/C=C/c2ccc(OC)c(-c3c(-c4ccccc4)c(-c4ccccc4)c(-c4ccccc4)c(-c4ccccc4)c3-c3ccccc3)c2)c(OCCCCCCCCCCCC)cc1/C=C/c1ccc(OC)c(-c2c(-c3ccccc3)c(-c3ccccc3)c(-c3ccccc3)c(-c3ccccc3)c2-c2ccccc2)c1. The molecule has 0 fully saturated rings. The second-order valence-corrected chi connectivity index (χ2v) is 32.7. The molecular formula is C120H118O4. The van der Waals surface area contributed by atoms with Crippen molar-refractivity contribution in [3.05, 3.63) is 374 Å². The van der Waals surface area contributed by atoms with E-state index < -0.39 is 0 Å². The highest BCUT2D eigenvalue weighted by atomic mass is 16.5. The van der Waals surface area contributed by atoms with E-state index in [1.807, 2.05) is 14.2 Å². The van der Waals surface area contributed by atoms with Gasteiger partial charge in [0.05, 0.1) is 27.4 Å². The molecule has 4 nitrogen and oxygen atoms in total. The predicted octanol–water partition coefficient (Wildman–Crippen LogP) is 34.6. The average Bonchev–Trinajstić information content (AvgIpc) is 0.718. The van der Waals surface area contributed by atoms with Crippen molar-refractivity contribution in [3.63, 3.8) is 0 Å². The summed E-state index contributed by atoms with van der Waals surface area (Å²) in [6.45, 7) is 5.76. The molecule has 0 aliphatic heterocycles. The van der Waals surface area contributed by atoms with E-state index >= 15 is 0 Å². The van der Waals surface area contributed by atoms with Crippen LogP contribution < -0.4 is 18.9 Å². The summed E-state index contributed by atoms with van der Waals surface area (Å²) in [6, 6.07) is 128. The maximum Gasteiger partial charge on any atom is 0.127 e. The minimum Gasteiger partial charge on any atom is -0.496 e. The Labute approximate surface area is 738 Å². The van der Waals surface area contributed by atoms with Gasteiger partial charge in [-0.25, -0.2) is 0 Å². The minimum absolute atomic E-state index is 0.581. The Hall–Kier alpha value is -13.0. The topological polar surface area (TPSA) is 36.9 Å². The van der Waals surface area contributed by atoms with Gasteiger partial charge in [-0.1, -0.05) is 469 Å². The molecule has 0 aliphatic carbocycles. The van der Waals surface area contributed by atoms with E-state index in [1.165, 1.54) is 103 Å². The summed E-state index contributed by atoms with van der Waals surface area (Å²) >= 11 is 0. The molecule has 124 heavy (non-hydrogen) atoms. The van der Waals surface area contributed by atoms with Crippen LogP contribution in [0.1, 0.15) is 165 Å². The zero-order chi connectivity index (χ0) is 84.7. The summed E-state index contributed by atoms with van der Waals surface area (Å²) < 4.78 is 27.9. The first-order chi connectivity index (χ1) is 61.5. The van der Waals surface area contributed by atoms with Gasteiger partial charge in [0, 0.05) is 33.4 Å². The largest absolute Gasteiger partial charge is 0.496 e. The molecule has 0 radical (unpaired) electrons. The fourth-order valence-electron chi connectivity index (χ4n) is 18.0. The van der Waals surface area contributed by atoms with E-state index in [0.29, 0.717) is 13.2 Å². The molecule has 0 saturated carbocycles. The Morgan fingerprint density at radius 3 is 0.581 bits per heavy atom. The summed E-state index contributed by atoms with van der Waals surface area (Å²) in [5.74, 6) is 3.14. The molecule has 0 saturated heterocycles. The van der Waals surface area contributed by atoms with Gasteiger partial charge < -0.3 is 18.9 Å². The predicted molar refractivity (Wildman–Crippen MR) is 530 cm³/mol. The fraction of sp³-hybridized carbons (Fsp3) is 0.217. The van der Waals surface area contributed by atoms with Gasteiger partial charge in [0.15, 0.2) is 0 Å². The highest BCUT2D eigenvalue weighted by molar-refractivity contribution is 6.18. The van der Waals surface area contributed by atoms with E-state index in [1.54, 1.807) is 0 Å². The molecule has 0 aromatic heterocycles. The molecule has 622 valence electrons. The van der Waals surface area contributed by atoms with E-state index in [0.717, 1.165) is 204 Å². The minimum atomic E-state index is 0.581. The number of hydrogen-bond donors (Lipinski definition) is 0. The van der Waals surface area contributed by atoms with E-state index in [-0.39, 0.29) is 0 Å². The number of ether oxygens (including phenoxy) is 4. The Morgan fingerprint density at radius 1 is 0.185 bits per heavy atom. The Balaban J connectivity index is 0.909. The third kappa shape index (κ3) is 21.2. The molecular weight excluding hydrogens is 1510 g/mol. The maximum absolute atomic E-state index is 7.25. The normalized spacial score (nSPS) is 11.4. The zero-order valence-corrected chi connectivity index (χ0v) is 73.0. The second-order valence-electron chi connectivity index (χ2n) is 32.7. The molecule has 15 aromatic carbocycles. The first-order valence-electron chi connectivity index (χ1n) is 45.7. The van der Waals surface area contributed by atoms with Crippen LogP contribution in [0.5, 0.6) is 23.0 Å². The van der Waals surface area contributed by atoms with Gasteiger partial charge in [0.2, 0.25) is 0 Å². The molecule has 15 rings (SSSR count). The van der Waals surface area contributed by atoms with Crippen LogP contribution in [0.25, 0.3) is 158 Å². The van der Waals surface area contributed by atoms with E-state index in [9.17, 15) is 0 Å². The van der Waals surface area contributed by atoms with Crippen molar-refractivity contribution in [2.24, 2.45) is 0 Å². The van der Waals surface area contributed by atoms with Crippen LogP contribution in [0.3, 0.4) is 0 Å². The molecule has 15 aromatic rings. The van der Waals surface area contributed by atoms with Crippen molar-refractivity contribution < 1.29 is 18.9 Å². The van der Waals surface area contributed by atoms with Crippen molar-refractivity contribution >= 4 is 24.3 Å². The number of hydrogen-bond acceptors (Lipinski definition) is 4. The Bertz CT molecular complexity index is 5330. The molecule has 0 atom stereocenters. The summed E-state index contributed by atoms with van der Waals surface area (Å²) in [7, 11) is 3.62. The lowest BCUT2D eigenvalue weighted by atomic mass is 9.74. The number of benzene rings is 15. The molecule has 4 heteroatoms. The van der Waals surface area contributed by atoms with Crippen LogP contribution in [0.4, 0.5) is 0 Å². The van der Waals surface area contributed by atoms with Gasteiger partial charge in [-0.15, -0.1) is 0 Å². The van der Waals surface area contributed by atoms with Gasteiger partial charge in [-0.05, 0) is 172 Å². The Kier molecular flexibility index (Phi) is 31.0. The smallest absolute Gasteiger partial charge is 0.127 e.